The number of benzene rings is 1. The zero-order valence-corrected chi connectivity index (χ0v) is 15.2. The highest BCUT2D eigenvalue weighted by Crippen LogP contribution is 2.39. The van der Waals surface area contributed by atoms with E-state index >= 15 is 0 Å². The molecule has 1 aromatic carbocycles. The molecular weight excluding hydrogens is 431 g/mol. The van der Waals surface area contributed by atoms with Crippen LogP contribution in [0.2, 0.25) is 0 Å². The molecule has 0 spiro atoms. The zero-order valence-electron chi connectivity index (χ0n) is 11.2. The molecule has 1 atom stereocenters. The van der Waals surface area contributed by atoms with Crippen molar-refractivity contribution in [2.24, 2.45) is 0 Å². The van der Waals surface area contributed by atoms with Gasteiger partial charge in [0.05, 0.1) is 15.4 Å². The fourth-order valence-corrected chi connectivity index (χ4v) is 4.19. The predicted molar refractivity (Wildman–Crippen MR) is 86.8 cm³/mol. The summed E-state index contributed by atoms with van der Waals surface area (Å²) in [6.45, 7) is 1.96. The Balaban J connectivity index is 2.51. The Morgan fingerprint density at radius 3 is 2.33 bits per heavy atom. The second-order valence-corrected chi connectivity index (χ2v) is 7.82. The van der Waals surface area contributed by atoms with Crippen molar-refractivity contribution in [2.45, 2.75) is 19.1 Å². The van der Waals surface area contributed by atoms with Crippen molar-refractivity contribution in [2.75, 3.05) is 7.05 Å². The summed E-state index contributed by atoms with van der Waals surface area (Å²) in [6.07, 6.45) is -4.35. The van der Waals surface area contributed by atoms with Gasteiger partial charge < -0.3 is 5.32 Å². The van der Waals surface area contributed by atoms with E-state index in [1.165, 1.54) is 23.5 Å². The van der Waals surface area contributed by atoms with Crippen molar-refractivity contribution in [3.63, 3.8) is 0 Å². The summed E-state index contributed by atoms with van der Waals surface area (Å²) in [4.78, 5) is 0.960. The molecule has 114 valence electrons. The molecule has 7 heteroatoms. The molecule has 0 saturated carbocycles. The van der Waals surface area contributed by atoms with Crippen molar-refractivity contribution in [1.82, 2.24) is 5.32 Å². The number of alkyl halides is 3. The smallest absolute Gasteiger partial charge is 0.309 e. The topological polar surface area (TPSA) is 12.0 Å². The van der Waals surface area contributed by atoms with Crippen LogP contribution >= 0.6 is 43.2 Å². The van der Waals surface area contributed by atoms with Crippen molar-refractivity contribution in [3.8, 4) is 0 Å². The van der Waals surface area contributed by atoms with Gasteiger partial charge in [0.2, 0.25) is 0 Å². The summed E-state index contributed by atoms with van der Waals surface area (Å²) in [5, 5.41) is 3.09. The van der Waals surface area contributed by atoms with Gasteiger partial charge in [0.1, 0.15) is 0 Å². The third kappa shape index (κ3) is 3.70. The van der Waals surface area contributed by atoms with Crippen LogP contribution in [0, 0.1) is 6.92 Å². The highest BCUT2D eigenvalue weighted by atomic mass is 79.9. The van der Waals surface area contributed by atoms with E-state index in [4.69, 9.17) is 0 Å². The van der Waals surface area contributed by atoms with Crippen molar-refractivity contribution >= 4 is 43.2 Å². The van der Waals surface area contributed by atoms with Crippen LogP contribution < -0.4 is 5.32 Å². The van der Waals surface area contributed by atoms with E-state index in [9.17, 15) is 13.2 Å². The normalized spacial score (nSPS) is 13.5. The Morgan fingerprint density at radius 2 is 1.86 bits per heavy atom. The number of hydrogen-bond acceptors (Lipinski definition) is 2. The maximum Gasteiger partial charge on any atom is 0.416 e. The van der Waals surface area contributed by atoms with Gasteiger partial charge in [-0.15, -0.1) is 11.3 Å². The molecule has 1 aromatic heterocycles. The molecule has 1 nitrogen and oxygen atoms in total. The SMILES string of the molecule is CNC(c1cc(C)c(Br)s1)c1cc(C(F)(F)F)ccc1Br. The molecule has 0 aliphatic rings. The summed E-state index contributed by atoms with van der Waals surface area (Å²) in [7, 11) is 1.74. The van der Waals surface area contributed by atoms with Crippen molar-refractivity contribution in [3.05, 3.63) is 54.1 Å². The van der Waals surface area contributed by atoms with Gasteiger partial charge in [-0.05, 0) is 65.3 Å². The van der Waals surface area contributed by atoms with Gasteiger partial charge in [0.25, 0.3) is 0 Å². The van der Waals surface area contributed by atoms with Gasteiger partial charge in [-0.1, -0.05) is 15.9 Å². The van der Waals surface area contributed by atoms with Crippen LogP contribution in [0.15, 0.2) is 32.5 Å². The van der Waals surface area contributed by atoms with Gasteiger partial charge in [-0.3, -0.25) is 0 Å². The molecule has 0 aliphatic carbocycles. The Bertz CT molecular complexity index is 633. The molecule has 0 aliphatic heterocycles. The lowest BCUT2D eigenvalue weighted by molar-refractivity contribution is -0.137. The average molecular weight is 443 g/mol. The maximum absolute atomic E-state index is 12.9. The standard InChI is InChI=1S/C14H12Br2F3NS/c1-7-5-11(21-13(7)16)12(20-2)9-6-8(14(17,18)19)3-4-10(9)15/h3-6,12,20H,1-2H3. The van der Waals surface area contributed by atoms with Crippen LogP contribution in [0.25, 0.3) is 0 Å². The number of thiophene rings is 1. The summed E-state index contributed by atoms with van der Waals surface area (Å²) >= 11 is 8.31. The Morgan fingerprint density at radius 1 is 1.19 bits per heavy atom. The predicted octanol–water partition coefficient (Wildman–Crippen LogP) is 5.91. The first-order valence-electron chi connectivity index (χ1n) is 6.03. The van der Waals surface area contributed by atoms with E-state index in [2.05, 4.69) is 37.2 Å². The maximum atomic E-state index is 12.9. The first-order valence-corrected chi connectivity index (χ1v) is 8.44. The number of aryl methyl sites for hydroxylation is 1. The van der Waals surface area contributed by atoms with Gasteiger partial charge in [0.15, 0.2) is 0 Å². The fourth-order valence-electron chi connectivity index (χ4n) is 2.02. The number of halogens is 5. The van der Waals surface area contributed by atoms with Crippen LogP contribution in [0.4, 0.5) is 13.2 Å². The molecule has 21 heavy (non-hydrogen) atoms. The molecule has 0 fully saturated rings. The number of nitrogens with one attached hydrogen (secondary N) is 1. The molecule has 2 rings (SSSR count). The summed E-state index contributed by atoms with van der Waals surface area (Å²) < 4.78 is 40.3. The lowest BCUT2D eigenvalue weighted by Gasteiger charge is -2.18. The second-order valence-electron chi connectivity index (χ2n) is 4.56. The van der Waals surface area contributed by atoms with Crippen LogP contribution in [0.5, 0.6) is 0 Å². The minimum Gasteiger partial charge on any atom is -0.309 e. The fraction of sp³-hybridized carbons (Fsp3) is 0.286. The first-order chi connectivity index (χ1) is 9.74. The highest BCUT2D eigenvalue weighted by molar-refractivity contribution is 9.11. The zero-order chi connectivity index (χ0) is 15.8. The number of rotatable bonds is 3. The molecule has 1 heterocycles. The largest absolute Gasteiger partial charge is 0.416 e. The van der Waals surface area contributed by atoms with Crippen LogP contribution in [-0.4, -0.2) is 7.05 Å². The molecule has 0 radical (unpaired) electrons. The summed E-state index contributed by atoms with van der Waals surface area (Å²) in [6, 6.07) is 5.39. The third-order valence-corrected chi connectivity index (χ3v) is 6.01. The molecule has 1 unspecified atom stereocenters. The molecule has 0 bridgehead atoms. The van der Waals surface area contributed by atoms with E-state index in [0.717, 1.165) is 20.3 Å². The summed E-state index contributed by atoms with van der Waals surface area (Å²) in [5.41, 5.74) is 0.993. The van der Waals surface area contributed by atoms with Gasteiger partial charge in [-0.25, -0.2) is 0 Å². The minimum atomic E-state index is -4.35. The van der Waals surface area contributed by atoms with Gasteiger partial charge >= 0.3 is 6.18 Å². The van der Waals surface area contributed by atoms with Crippen LogP contribution in [-0.2, 0) is 6.18 Å². The molecule has 1 N–H and O–H groups in total. The molecule has 2 aromatic rings. The van der Waals surface area contributed by atoms with Crippen molar-refractivity contribution < 1.29 is 13.2 Å². The minimum absolute atomic E-state index is 0.295. The molecule has 0 amide bonds. The lowest BCUT2D eigenvalue weighted by Crippen LogP contribution is -2.18. The molecule has 0 saturated heterocycles. The lowest BCUT2D eigenvalue weighted by atomic mass is 10.0. The Hall–Kier alpha value is -0.370. The van der Waals surface area contributed by atoms with E-state index in [1.54, 1.807) is 7.05 Å². The van der Waals surface area contributed by atoms with E-state index in [0.29, 0.717) is 10.0 Å². The average Bonchev–Trinajstić information content (AvgIpc) is 2.71. The van der Waals surface area contributed by atoms with E-state index < -0.39 is 11.7 Å². The summed E-state index contributed by atoms with van der Waals surface area (Å²) in [5.74, 6) is 0. The third-order valence-electron chi connectivity index (χ3n) is 3.08. The second kappa shape index (κ2) is 6.40. The Kier molecular flexibility index (Phi) is 5.18. The van der Waals surface area contributed by atoms with Crippen molar-refractivity contribution in [1.29, 1.82) is 0 Å². The molecular formula is C14H12Br2F3NS. The first kappa shape index (κ1) is 17.0. The van der Waals surface area contributed by atoms with Crippen LogP contribution in [0.3, 0.4) is 0 Å². The van der Waals surface area contributed by atoms with E-state index in [1.807, 2.05) is 13.0 Å². The van der Waals surface area contributed by atoms with Gasteiger partial charge in [0, 0.05) is 9.35 Å². The van der Waals surface area contributed by atoms with Gasteiger partial charge in [-0.2, -0.15) is 13.2 Å². The van der Waals surface area contributed by atoms with Crippen LogP contribution in [0.1, 0.15) is 27.6 Å². The quantitative estimate of drug-likeness (QED) is 0.623. The van der Waals surface area contributed by atoms with E-state index in [-0.39, 0.29) is 6.04 Å². The highest BCUT2D eigenvalue weighted by Gasteiger charge is 2.32. The monoisotopic (exact) mass is 441 g/mol. The number of hydrogen-bond donors (Lipinski definition) is 1. The Labute approximate surface area is 141 Å².